The Balaban J connectivity index is 0.00000324. The molecule has 0 fully saturated rings. The minimum absolute atomic E-state index is 0. The van der Waals surface area contributed by atoms with Crippen molar-refractivity contribution in [2.45, 2.75) is 13.0 Å². The Kier molecular flexibility index (Phi) is 8.93. The van der Waals surface area contributed by atoms with Gasteiger partial charge < -0.3 is 15.4 Å². The van der Waals surface area contributed by atoms with Gasteiger partial charge in [-0.25, -0.2) is 0 Å². The molecule has 1 atom stereocenters. The summed E-state index contributed by atoms with van der Waals surface area (Å²) in [7, 11) is 1.82. The molecule has 0 saturated carbocycles. The summed E-state index contributed by atoms with van der Waals surface area (Å²) in [4.78, 5) is 11.7. The molecular formula is C12H17Cl3N2O2. The topological polar surface area (TPSA) is 50.4 Å². The first-order chi connectivity index (χ1) is 8.52. The van der Waals surface area contributed by atoms with Crippen LogP contribution in [-0.2, 0) is 4.79 Å². The highest BCUT2D eigenvalue weighted by atomic mass is 35.5. The number of benzene rings is 1. The van der Waals surface area contributed by atoms with Crippen LogP contribution in [-0.4, -0.2) is 32.1 Å². The van der Waals surface area contributed by atoms with Crippen LogP contribution >= 0.6 is 35.6 Å². The highest BCUT2D eigenvalue weighted by Crippen LogP contribution is 2.24. The minimum atomic E-state index is -0.601. The Morgan fingerprint density at radius 3 is 2.37 bits per heavy atom. The maximum atomic E-state index is 11.7. The van der Waals surface area contributed by atoms with Crippen LogP contribution in [0, 0.1) is 0 Å². The summed E-state index contributed by atoms with van der Waals surface area (Å²) in [6.07, 6.45) is -0.601. The first-order valence-corrected chi connectivity index (χ1v) is 6.33. The predicted molar refractivity (Wildman–Crippen MR) is 80.7 cm³/mol. The number of likely N-dealkylation sites (N-methyl/N-ethyl adjacent to an activating group) is 1. The number of carbonyl (C=O) groups excluding carboxylic acids is 1. The van der Waals surface area contributed by atoms with E-state index >= 15 is 0 Å². The largest absolute Gasteiger partial charge is 0.481 e. The Labute approximate surface area is 129 Å². The van der Waals surface area contributed by atoms with Crippen LogP contribution in [0.1, 0.15) is 6.92 Å². The molecule has 0 aromatic heterocycles. The van der Waals surface area contributed by atoms with Crippen molar-refractivity contribution in [3.05, 3.63) is 28.2 Å². The van der Waals surface area contributed by atoms with Crippen LogP contribution < -0.4 is 15.4 Å². The van der Waals surface area contributed by atoms with E-state index in [2.05, 4.69) is 10.6 Å². The predicted octanol–water partition coefficient (Wildman–Crippen LogP) is 2.52. The standard InChI is InChI=1S/C12H16Cl2N2O2.ClH/c1-8(12(17)16-4-3-15-2)18-11-6-9(13)5-10(14)7-11;/h5-8,15H,3-4H2,1-2H3,(H,16,17);1H. The molecule has 1 aromatic carbocycles. The molecule has 19 heavy (non-hydrogen) atoms. The van der Waals surface area contributed by atoms with Crippen molar-refractivity contribution in [3.63, 3.8) is 0 Å². The number of halogens is 3. The average Bonchev–Trinajstić information content (AvgIpc) is 2.27. The number of hydrogen-bond acceptors (Lipinski definition) is 3. The molecular weight excluding hydrogens is 311 g/mol. The minimum Gasteiger partial charge on any atom is -0.481 e. The van der Waals surface area contributed by atoms with Gasteiger partial charge in [0.25, 0.3) is 5.91 Å². The molecule has 1 aromatic rings. The third-order valence-electron chi connectivity index (χ3n) is 2.19. The number of nitrogens with one attached hydrogen (secondary N) is 2. The van der Waals surface area contributed by atoms with Crippen LogP contribution in [0.3, 0.4) is 0 Å². The fourth-order valence-corrected chi connectivity index (χ4v) is 1.81. The molecule has 4 nitrogen and oxygen atoms in total. The van der Waals surface area contributed by atoms with Gasteiger partial charge >= 0.3 is 0 Å². The molecule has 0 heterocycles. The van der Waals surface area contributed by atoms with Crippen molar-refractivity contribution < 1.29 is 9.53 Å². The summed E-state index contributed by atoms with van der Waals surface area (Å²) in [5.41, 5.74) is 0. The molecule has 0 saturated heterocycles. The Hall–Kier alpha value is -0.680. The first-order valence-electron chi connectivity index (χ1n) is 5.58. The quantitative estimate of drug-likeness (QED) is 0.789. The van der Waals surface area contributed by atoms with E-state index in [1.807, 2.05) is 7.05 Å². The van der Waals surface area contributed by atoms with E-state index in [4.69, 9.17) is 27.9 Å². The number of hydrogen-bond donors (Lipinski definition) is 2. The number of amides is 1. The zero-order valence-electron chi connectivity index (χ0n) is 10.7. The lowest BCUT2D eigenvalue weighted by Crippen LogP contribution is -2.39. The molecule has 0 bridgehead atoms. The second kappa shape index (κ2) is 9.26. The van der Waals surface area contributed by atoms with Gasteiger partial charge in [-0.3, -0.25) is 4.79 Å². The van der Waals surface area contributed by atoms with Crippen molar-refractivity contribution in [2.24, 2.45) is 0 Å². The highest BCUT2D eigenvalue weighted by Gasteiger charge is 2.14. The van der Waals surface area contributed by atoms with E-state index in [9.17, 15) is 4.79 Å². The van der Waals surface area contributed by atoms with Crippen LogP contribution in [0.5, 0.6) is 5.75 Å². The molecule has 108 valence electrons. The molecule has 0 spiro atoms. The fraction of sp³-hybridized carbons (Fsp3) is 0.417. The van der Waals surface area contributed by atoms with Gasteiger partial charge in [0.05, 0.1) is 0 Å². The maximum Gasteiger partial charge on any atom is 0.260 e. The van der Waals surface area contributed by atoms with Crippen molar-refractivity contribution >= 4 is 41.5 Å². The number of ether oxygens (including phenoxy) is 1. The lowest BCUT2D eigenvalue weighted by Gasteiger charge is -2.15. The molecule has 7 heteroatoms. The second-order valence-corrected chi connectivity index (χ2v) is 4.63. The Morgan fingerprint density at radius 2 is 1.84 bits per heavy atom. The average molecular weight is 328 g/mol. The molecule has 0 radical (unpaired) electrons. The summed E-state index contributed by atoms with van der Waals surface area (Å²) in [6.45, 7) is 2.93. The van der Waals surface area contributed by atoms with Gasteiger partial charge in [-0.1, -0.05) is 23.2 Å². The van der Waals surface area contributed by atoms with E-state index in [1.54, 1.807) is 25.1 Å². The van der Waals surface area contributed by atoms with E-state index in [0.717, 1.165) is 0 Å². The monoisotopic (exact) mass is 326 g/mol. The van der Waals surface area contributed by atoms with Gasteiger partial charge in [-0.15, -0.1) is 12.4 Å². The third kappa shape index (κ3) is 6.87. The molecule has 0 aliphatic carbocycles. The highest BCUT2D eigenvalue weighted by molar-refractivity contribution is 6.34. The SMILES string of the molecule is CNCCNC(=O)C(C)Oc1cc(Cl)cc(Cl)c1.Cl. The van der Waals surface area contributed by atoms with Crippen molar-refractivity contribution in [2.75, 3.05) is 20.1 Å². The first kappa shape index (κ1) is 18.3. The van der Waals surface area contributed by atoms with Gasteiger partial charge in [0, 0.05) is 23.1 Å². The molecule has 1 rings (SSSR count). The zero-order valence-corrected chi connectivity index (χ0v) is 13.0. The lowest BCUT2D eigenvalue weighted by atomic mass is 10.3. The molecule has 1 amide bonds. The zero-order chi connectivity index (χ0) is 13.5. The molecule has 0 aliphatic heterocycles. The van der Waals surface area contributed by atoms with Crippen LogP contribution in [0.4, 0.5) is 0 Å². The summed E-state index contributed by atoms with van der Waals surface area (Å²) in [5, 5.41) is 6.62. The van der Waals surface area contributed by atoms with Crippen LogP contribution in [0.15, 0.2) is 18.2 Å². The number of rotatable bonds is 6. The van der Waals surface area contributed by atoms with Crippen LogP contribution in [0.2, 0.25) is 10.0 Å². The van der Waals surface area contributed by atoms with Crippen molar-refractivity contribution in [1.29, 1.82) is 0 Å². The normalized spacial score (nSPS) is 11.4. The summed E-state index contributed by atoms with van der Waals surface area (Å²) < 4.78 is 5.47. The van der Waals surface area contributed by atoms with Gasteiger partial charge in [0.2, 0.25) is 0 Å². The van der Waals surface area contributed by atoms with E-state index < -0.39 is 6.10 Å². The van der Waals surface area contributed by atoms with Gasteiger partial charge in [-0.2, -0.15) is 0 Å². The smallest absolute Gasteiger partial charge is 0.260 e. The van der Waals surface area contributed by atoms with E-state index in [0.29, 0.717) is 28.9 Å². The number of carbonyl (C=O) groups is 1. The third-order valence-corrected chi connectivity index (χ3v) is 2.63. The van der Waals surface area contributed by atoms with Gasteiger partial charge in [0.1, 0.15) is 5.75 Å². The Morgan fingerprint density at radius 1 is 1.26 bits per heavy atom. The summed E-state index contributed by atoms with van der Waals surface area (Å²) in [6, 6.07) is 4.84. The van der Waals surface area contributed by atoms with Gasteiger partial charge in [-0.05, 0) is 32.2 Å². The van der Waals surface area contributed by atoms with E-state index in [1.165, 1.54) is 0 Å². The van der Waals surface area contributed by atoms with Crippen LogP contribution in [0.25, 0.3) is 0 Å². The molecule has 0 aliphatic rings. The molecule has 1 unspecified atom stereocenters. The second-order valence-electron chi connectivity index (χ2n) is 3.76. The van der Waals surface area contributed by atoms with Crippen molar-refractivity contribution in [3.8, 4) is 5.75 Å². The summed E-state index contributed by atoms with van der Waals surface area (Å²) >= 11 is 11.7. The van der Waals surface area contributed by atoms with Gasteiger partial charge in [0.15, 0.2) is 6.10 Å². The van der Waals surface area contributed by atoms with Crippen molar-refractivity contribution in [1.82, 2.24) is 10.6 Å². The molecule has 2 N–H and O–H groups in total. The van der Waals surface area contributed by atoms with E-state index in [-0.39, 0.29) is 18.3 Å². The lowest BCUT2D eigenvalue weighted by molar-refractivity contribution is -0.127. The fourth-order valence-electron chi connectivity index (χ4n) is 1.31. The maximum absolute atomic E-state index is 11.7. The Bertz CT molecular complexity index is 396. The summed E-state index contributed by atoms with van der Waals surface area (Å²) in [5.74, 6) is 0.296.